The lowest BCUT2D eigenvalue weighted by Gasteiger charge is -2.45. The molecule has 17 heavy (non-hydrogen) atoms. The van der Waals surface area contributed by atoms with Gasteiger partial charge in [0.2, 0.25) is 0 Å². The van der Waals surface area contributed by atoms with Crippen LogP contribution in [0.25, 0.3) is 0 Å². The Morgan fingerprint density at radius 2 is 1.88 bits per heavy atom. The van der Waals surface area contributed by atoms with Crippen LogP contribution in [0, 0.1) is 11.8 Å². The number of likely N-dealkylation sites (tertiary alicyclic amines) is 2. The van der Waals surface area contributed by atoms with E-state index in [9.17, 15) is 0 Å². The van der Waals surface area contributed by atoms with E-state index in [1.165, 1.54) is 38.9 Å². The molecule has 0 amide bonds. The second kappa shape index (κ2) is 5.25. The van der Waals surface area contributed by atoms with Gasteiger partial charge in [-0.05, 0) is 57.8 Å². The highest BCUT2D eigenvalue weighted by atomic mass is 15.3. The summed E-state index contributed by atoms with van der Waals surface area (Å²) in [4.78, 5) is 5.12. The molecule has 3 nitrogen and oxygen atoms in total. The minimum Gasteiger partial charge on any atom is -0.329 e. The number of hydrogen-bond donors (Lipinski definition) is 1. The van der Waals surface area contributed by atoms with Crippen molar-refractivity contribution < 1.29 is 0 Å². The molecule has 0 aromatic rings. The number of nitrogens with zero attached hydrogens (tertiary/aromatic N) is 2. The predicted octanol–water partition coefficient (Wildman–Crippen LogP) is 1.39. The van der Waals surface area contributed by atoms with Crippen molar-refractivity contribution >= 4 is 0 Å². The molecule has 1 atom stereocenters. The van der Waals surface area contributed by atoms with Crippen molar-refractivity contribution in [3.8, 4) is 0 Å². The van der Waals surface area contributed by atoms with Crippen LogP contribution in [0.1, 0.15) is 33.1 Å². The maximum absolute atomic E-state index is 6.09. The third-order valence-electron chi connectivity index (χ3n) is 5.06. The Morgan fingerprint density at radius 3 is 2.29 bits per heavy atom. The van der Waals surface area contributed by atoms with Gasteiger partial charge in [0.1, 0.15) is 0 Å². The Bertz CT molecular complexity index is 246. The van der Waals surface area contributed by atoms with Gasteiger partial charge in [-0.1, -0.05) is 13.8 Å². The molecular formula is C14H29N3. The van der Waals surface area contributed by atoms with Gasteiger partial charge in [0, 0.05) is 18.6 Å². The van der Waals surface area contributed by atoms with Crippen molar-refractivity contribution in [1.82, 2.24) is 9.80 Å². The minimum atomic E-state index is 0.288. The topological polar surface area (TPSA) is 32.5 Å². The molecule has 100 valence electrons. The van der Waals surface area contributed by atoms with Crippen molar-refractivity contribution in [2.45, 2.75) is 38.6 Å². The lowest BCUT2D eigenvalue weighted by atomic mass is 9.84. The number of rotatable bonds is 3. The predicted molar refractivity (Wildman–Crippen MR) is 73.0 cm³/mol. The highest BCUT2D eigenvalue weighted by Gasteiger charge is 2.42. The van der Waals surface area contributed by atoms with Gasteiger partial charge in [0.15, 0.2) is 0 Å². The Labute approximate surface area is 106 Å². The minimum absolute atomic E-state index is 0.288. The number of likely N-dealkylation sites (N-methyl/N-ethyl adjacent to an activating group) is 1. The average Bonchev–Trinajstić information content (AvgIpc) is 2.72. The average molecular weight is 239 g/mol. The van der Waals surface area contributed by atoms with Crippen LogP contribution in [0.4, 0.5) is 0 Å². The molecule has 2 N–H and O–H groups in total. The molecule has 0 aliphatic carbocycles. The Morgan fingerprint density at radius 1 is 1.24 bits per heavy atom. The molecule has 2 saturated heterocycles. The highest BCUT2D eigenvalue weighted by molar-refractivity contribution is 5.00. The SMILES string of the molecule is CC(C)C1CCN(C2(CN)CCN(C)C2)CC1. The van der Waals surface area contributed by atoms with E-state index in [1.54, 1.807) is 0 Å². The first-order valence-electron chi connectivity index (χ1n) is 7.21. The maximum Gasteiger partial charge on any atom is 0.0470 e. The molecular weight excluding hydrogens is 210 g/mol. The van der Waals surface area contributed by atoms with E-state index in [1.807, 2.05) is 0 Å². The third kappa shape index (κ3) is 2.67. The molecule has 0 radical (unpaired) electrons. The van der Waals surface area contributed by atoms with Crippen LogP contribution in [0.5, 0.6) is 0 Å². The van der Waals surface area contributed by atoms with Gasteiger partial charge in [0.25, 0.3) is 0 Å². The fraction of sp³-hybridized carbons (Fsp3) is 1.00. The summed E-state index contributed by atoms with van der Waals surface area (Å²) in [6.07, 6.45) is 3.98. The van der Waals surface area contributed by atoms with Crippen LogP contribution in [-0.2, 0) is 0 Å². The Balaban J connectivity index is 1.95. The van der Waals surface area contributed by atoms with Crippen molar-refractivity contribution in [3.63, 3.8) is 0 Å². The molecule has 0 aromatic heterocycles. The van der Waals surface area contributed by atoms with E-state index in [0.29, 0.717) is 0 Å². The van der Waals surface area contributed by atoms with Gasteiger partial charge in [-0.15, -0.1) is 0 Å². The largest absolute Gasteiger partial charge is 0.329 e. The summed E-state index contributed by atoms with van der Waals surface area (Å²) in [5, 5.41) is 0. The summed E-state index contributed by atoms with van der Waals surface area (Å²) in [6.45, 7) is 10.4. The monoisotopic (exact) mass is 239 g/mol. The maximum atomic E-state index is 6.09. The van der Waals surface area contributed by atoms with Crippen molar-refractivity contribution in [2.24, 2.45) is 17.6 Å². The molecule has 2 rings (SSSR count). The summed E-state index contributed by atoms with van der Waals surface area (Å²) in [5.74, 6) is 1.78. The summed E-state index contributed by atoms with van der Waals surface area (Å²) >= 11 is 0. The molecule has 2 fully saturated rings. The first-order chi connectivity index (χ1) is 8.07. The number of piperidine rings is 1. The van der Waals surface area contributed by atoms with E-state index in [4.69, 9.17) is 5.73 Å². The molecule has 3 heteroatoms. The van der Waals surface area contributed by atoms with Crippen LogP contribution in [-0.4, -0.2) is 55.1 Å². The zero-order valence-corrected chi connectivity index (χ0v) is 11.8. The third-order valence-corrected chi connectivity index (χ3v) is 5.06. The molecule has 1 unspecified atom stereocenters. The molecule has 2 aliphatic heterocycles. The second-order valence-electron chi connectivity index (χ2n) is 6.48. The van der Waals surface area contributed by atoms with E-state index in [2.05, 4.69) is 30.7 Å². The van der Waals surface area contributed by atoms with E-state index in [0.717, 1.165) is 24.9 Å². The lowest BCUT2D eigenvalue weighted by Crippen LogP contribution is -2.57. The normalized spacial score (nSPS) is 33.7. The van der Waals surface area contributed by atoms with Gasteiger partial charge in [-0.3, -0.25) is 4.90 Å². The molecule has 0 spiro atoms. The summed E-state index contributed by atoms with van der Waals surface area (Å²) < 4.78 is 0. The van der Waals surface area contributed by atoms with Gasteiger partial charge < -0.3 is 10.6 Å². The second-order valence-corrected chi connectivity index (χ2v) is 6.48. The van der Waals surface area contributed by atoms with Gasteiger partial charge in [-0.25, -0.2) is 0 Å². The van der Waals surface area contributed by atoms with E-state index < -0.39 is 0 Å². The van der Waals surface area contributed by atoms with E-state index in [-0.39, 0.29) is 5.54 Å². The fourth-order valence-corrected chi connectivity index (χ4v) is 3.65. The van der Waals surface area contributed by atoms with Crippen LogP contribution in [0.3, 0.4) is 0 Å². The number of nitrogens with two attached hydrogens (primary N) is 1. The highest BCUT2D eigenvalue weighted by Crippen LogP contribution is 2.32. The molecule has 0 saturated carbocycles. The Kier molecular flexibility index (Phi) is 4.11. The van der Waals surface area contributed by atoms with Gasteiger partial charge in [-0.2, -0.15) is 0 Å². The standard InChI is InChI=1S/C14H29N3/c1-12(2)13-4-7-17(8-5-13)14(10-15)6-9-16(3)11-14/h12-13H,4-11,15H2,1-3H3. The zero-order chi connectivity index (χ0) is 12.5. The summed E-state index contributed by atoms with van der Waals surface area (Å²) in [6, 6.07) is 0. The van der Waals surface area contributed by atoms with E-state index >= 15 is 0 Å². The van der Waals surface area contributed by atoms with Crippen molar-refractivity contribution in [1.29, 1.82) is 0 Å². The first kappa shape index (κ1) is 13.3. The Hall–Kier alpha value is -0.120. The van der Waals surface area contributed by atoms with Gasteiger partial charge >= 0.3 is 0 Å². The summed E-state index contributed by atoms with van der Waals surface area (Å²) in [5.41, 5.74) is 6.38. The smallest absolute Gasteiger partial charge is 0.0470 e. The fourth-order valence-electron chi connectivity index (χ4n) is 3.65. The van der Waals surface area contributed by atoms with Crippen LogP contribution in [0.15, 0.2) is 0 Å². The first-order valence-corrected chi connectivity index (χ1v) is 7.21. The van der Waals surface area contributed by atoms with Gasteiger partial charge in [0.05, 0.1) is 0 Å². The van der Waals surface area contributed by atoms with Crippen LogP contribution < -0.4 is 5.73 Å². The van der Waals surface area contributed by atoms with Crippen molar-refractivity contribution in [3.05, 3.63) is 0 Å². The lowest BCUT2D eigenvalue weighted by molar-refractivity contribution is 0.0523. The zero-order valence-electron chi connectivity index (χ0n) is 11.8. The molecule has 0 bridgehead atoms. The quantitative estimate of drug-likeness (QED) is 0.808. The van der Waals surface area contributed by atoms with Crippen molar-refractivity contribution in [2.75, 3.05) is 39.8 Å². The molecule has 2 aliphatic rings. The molecule has 0 aromatic carbocycles. The summed E-state index contributed by atoms with van der Waals surface area (Å²) in [7, 11) is 2.22. The number of hydrogen-bond acceptors (Lipinski definition) is 3. The van der Waals surface area contributed by atoms with Crippen LogP contribution >= 0.6 is 0 Å². The van der Waals surface area contributed by atoms with Crippen LogP contribution in [0.2, 0.25) is 0 Å². The molecule has 2 heterocycles.